The highest BCUT2D eigenvalue weighted by Gasteiger charge is 2.41. The van der Waals surface area contributed by atoms with Crippen molar-refractivity contribution in [2.45, 2.75) is 0 Å². The molecule has 0 saturated heterocycles. The van der Waals surface area contributed by atoms with E-state index in [-0.39, 0.29) is 5.84 Å². The van der Waals surface area contributed by atoms with Crippen molar-refractivity contribution in [3.63, 3.8) is 0 Å². The molecule has 11 heavy (non-hydrogen) atoms. The van der Waals surface area contributed by atoms with Crippen LogP contribution >= 0.6 is 0 Å². The Kier molecular flexibility index (Phi) is 1.63. The first-order valence-electron chi connectivity index (χ1n) is 2.83. The third-order valence-electron chi connectivity index (χ3n) is 1.26. The van der Waals surface area contributed by atoms with Gasteiger partial charge in [0.15, 0.2) is 12.0 Å². The molecule has 0 fully saturated rings. The van der Waals surface area contributed by atoms with Gasteiger partial charge < -0.3 is 10.8 Å². The van der Waals surface area contributed by atoms with Gasteiger partial charge in [0, 0.05) is 6.08 Å². The van der Waals surface area contributed by atoms with Crippen LogP contribution in [0.2, 0.25) is 0 Å². The van der Waals surface area contributed by atoms with Crippen molar-refractivity contribution in [3.8, 4) is 0 Å². The third kappa shape index (κ3) is 1.08. The number of amidine groups is 1. The van der Waals surface area contributed by atoms with Crippen molar-refractivity contribution in [2.24, 2.45) is 10.8 Å². The van der Waals surface area contributed by atoms with Crippen LogP contribution in [0.25, 0.3) is 0 Å². The van der Waals surface area contributed by atoms with E-state index in [9.17, 15) is 4.79 Å². The smallest absolute Gasteiger partial charge is 0.431 e. The number of rotatable bonds is 1. The van der Waals surface area contributed by atoms with Gasteiger partial charge in [-0.05, 0) is 5.10 Å². The zero-order valence-electron chi connectivity index (χ0n) is 5.89. The van der Waals surface area contributed by atoms with E-state index < -0.39 is 10.8 Å². The second-order valence-corrected chi connectivity index (χ2v) is 1.93. The Bertz CT molecular complexity index is 247. The second kappa shape index (κ2) is 2.33. The predicted octanol–water partition coefficient (Wildman–Crippen LogP) is -0.158. The van der Waals surface area contributed by atoms with Gasteiger partial charge >= 0.3 is 6.09 Å². The maximum Gasteiger partial charge on any atom is 0.581 e. The molecule has 1 heterocycles. The molecule has 1 aliphatic rings. The fourth-order valence-electron chi connectivity index (χ4n) is 0.702. The lowest BCUT2D eigenvalue weighted by molar-refractivity contribution is -1.01. The zero-order valence-corrected chi connectivity index (χ0v) is 5.89. The van der Waals surface area contributed by atoms with Crippen LogP contribution in [-0.2, 0) is 4.84 Å². The summed E-state index contributed by atoms with van der Waals surface area (Å²) in [6, 6.07) is 0. The summed E-state index contributed by atoms with van der Waals surface area (Å²) in [6.45, 7) is 0. The fourth-order valence-corrected chi connectivity index (χ4v) is 0.702. The quantitative estimate of drug-likeness (QED) is 0.519. The van der Waals surface area contributed by atoms with Crippen LogP contribution in [-0.4, -0.2) is 28.9 Å². The maximum absolute atomic E-state index is 10.5. The molecule has 0 aromatic rings. The van der Waals surface area contributed by atoms with Crippen molar-refractivity contribution in [2.75, 3.05) is 7.11 Å². The lowest BCUT2D eigenvalue weighted by atomic mass is 10.6. The van der Waals surface area contributed by atoms with Crippen molar-refractivity contribution >= 4 is 11.9 Å². The second-order valence-electron chi connectivity index (χ2n) is 1.93. The highest BCUT2D eigenvalue weighted by Crippen LogP contribution is 2.15. The van der Waals surface area contributed by atoms with E-state index in [2.05, 4.69) is 9.94 Å². The number of hydroxylamine groups is 2. The SMILES string of the molecule is CO[N@+]1(C(=O)O)C=CC(N)=N1. The van der Waals surface area contributed by atoms with Gasteiger partial charge in [0.05, 0.1) is 4.76 Å². The van der Waals surface area contributed by atoms with E-state index >= 15 is 0 Å². The molecule has 0 saturated carbocycles. The summed E-state index contributed by atoms with van der Waals surface area (Å²) in [4.78, 5) is 15.1. The van der Waals surface area contributed by atoms with Crippen LogP contribution in [0.15, 0.2) is 17.4 Å². The van der Waals surface area contributed by atoms with Gasteiger partial charge in [0.1, 0.15) is 7.11 Å². The van der Waals surface area contributed by atoms with Crippen molar-refractivity contribution in [1.82, 2.24) is 0 Å². The minimum atomic E-state index is -1.23. The molecule has 6 nitrogen and oxygen atoms in total. The molecule has 1 rings (SSSR count). The number of carbonyl (C=O) groups is 1. The van der Waals surface area contributed by atoms with E-state index in [1.54, 1.807) is 0 Å². The summed E-state index contributed by atoms with van der Waals surface area (Å²) >= 11 is 0. The Morgan fingerprint density at radius 1 is 1.91 bits per heavy atom. The van der Waals surface area contributed by atoms with Crippen molar-refractivity contribution in [3.05, 3.63) is 12.3 Å². The normalized spacial score (nSPS) is 28.6. The molecular weight excluding hydrogens is 150 g/mol. The van der Waals surface area contributed by atoms with Gasteiger partial charge in [-0.25, -0.2) is 0 Å². The van der Waals surface area contributed by atoms with E-state index in [1.165, 1.54) is 19.4 Å². The molecule has 0 spiro atoms. The number of carboxylic acid groups (broad SMARTS) is 1. The van der Waals surface area contributed by atoms with E-state index in [4.69, 9.17) is 10.8 Å². The summed E-state index contributed by atoms with van der Waals surface area (Å²) in [7, 11) is 1.24. The molecule has 6 heteroatoms. The Hall–Kier alpha value is -1.40. The molecule has 1 aliphatic heterocycles. The highest BCUT2D eigenvalue weighted by molar-refractivity contribution is 5.92. The number of amides is 1. The number of hydrogen-bond donors (Lipinski definition) is 2. The van der Waals surface area contributed by atoms with Crippen LogP contribution in [0.4, 0.5) is 4.79 Å². The average molecular weight is 158 g/mol. The van der Waals surface area contributed by atoms with Crippen LogP contribution in [0.5, 0.6) is 0 Å². The summed E-state index contributed by atoms with van der Waals surface area (Å²) in [5.41, 5.74) is 5.23. The predicted molar refractivity (Wildman–Crippen MR) is 36.1 cm³/mol. The monoisotopic (exact) mass is 158 g/mol. The molecule has 0 aromatic carbocycles. The largest absolute Gasteiger partial charge is 0.581 e. The Morgan fingerprint density at radius 3 is 2.73 bits per heavy atom. The molecule has 0 bridgehead atoms. The number of nitrogens with two attached hydrogens (primary N) is 1. The number of quaternary nitrogens is 1. The molecule has 60 valence electrons. The molecule has 1 atom stereocenters. The lowest BCUT2D eigenvalue weighted by Crippen LogP contribution is -2.40. The Morgan fingerprint density at radius 2 is 2.55 bits per heavy atom. The van der Waals surface area contributed by atoms with Crippen molar-refractivity contribution < 1.29 is 19.5 Å². The van der Waals surface area contributed by atoms with Crippen LogP contribution in [0.1, 0.15) is 0 Å². The molecule has 0 aliphatic carbocycles. The van der Waals surface area contributed by atoms with Crippen molar-refractivity contribution in [1.29, 1.82) is 0 Å². The Labute approximate surface area is 62.7 Å². The van der Waals surface area contributed by atoms with Gasteiger partial charge in [-0.1, -0.05) is 0 Å². The summed E-state index contributed by atoms with van der Waals surface area (Å²) in [6.07, 6.45) is 1.37. The first-order chi connectivity index (χ1) is 5.10. The Balaban J connectivity index is 2.98. The minimum absolute atomic E-state index is 0.134. The first kappa shape index (κ1) is 7.70. The molecular formula is C5H8N3O3+. The fraction of sp³-hybridized carbons (Fsp3) is 0.200. The molecule has 3 N–H and O–H groups in total. The molecule has 0 aromatic heterocycles. The van der Waals surface area contributed by atoms with Gasteiger partial charge in [0.25, 0.3) is 0 Å². The topological polar surface area (TPSA) is 84.9 Å². The lowest BCUT2D eigenvalue weighted by Gasteiger charge is -2.12. The highest BCUT2D eigenvalue weighted by atomic mass is 16.8. The average Bonchev–Trinajstić information content (AvgIpc) is 2.33. The summed E-state index contributed by atoms with van der Waals surface area (Å²) in [5.74, 6) is 0.134. The van der Waals surface area contributed by atoms with E-state index in [0.29, 0.717) is 0 Å². The number of hydrogen-bond acceptors (Lipinski definition) is 4. The third-order valence-corrected chi connectivity index (χ3v) is 1.26. The van der Waals surface area contributed by atoms with Gasteiger partial charge in [-0.3, -0.25) is 0 Å². The number of nitrogens with zero attached hydrogens (tertiary/aromatic N) is 2. The summed E-state index contributed by atoms with van der Waals surface area (Å²) < 4.78 is -0.939. The van der Waals surface area contributed by atoms with Gasteiger partial charge in [-0.2, -0.15) is 9.63 Å². The summed E-state index contributed by atoms with van der Waals surface area (Å²) in [5, 5.41) is 12.2. The molecule has 0 unspecified atom stereocenters. The van der Waals surface area contributed by atoms with Gasteiger partial charge in [0.2, 0.25) is 0 Å². The first-order valence-corrected chi connectivity index (χ1v) is 2.83. The van der Waals surface area contributed by atoms with Crippen LogP contribution < -0.4 is 5.73 Å². The minimum Gasteiger partial charge on any atom is -0.431 e. The van der Waals surface area contributed by atoms with Crippen LogP contribution in [0, 0.1) is 0 Å². The zero-order chi connectivity index (χ0) is 8.48. The van der Waals surface area contributed by atoms with E-state index in [1.807, 2.05) is 0 Å². The maximum atomic E-state index is 10.5. The van der Waals surface area contributed by atoms with Crippen LogP contribution in [0.3, 0.4) is 0 Å². The van der Waals surface area contributed by atoms with Gasteiger partial charge in [-0.15, -0.1) is 0 Å². The molecule has 1 amide bonds. The molecule has 0 radical (unpaired) electrons. The standard InChI is InChI=1S/C5H7N3O3/c1-11-8(5(9)10)3-2-4(6)7-8/h2-3H,1H3,(H2-,6,7,9,10)/p+1/t8-/m0/s1. The van der Waals surface area contributed by atoms with E-state index in [0.717, 1.165) is 0 Å².